The molecule has 2 heterocycles. The highest BCUT2D eigenvalue weighted by atomic mass is 32.1. The third-order valence-electron chi connectivity index (χ3n) is 3.57. The molecule has 0 radical (unpaired) electrons. The minimum absolute atomic E-state index is 0.183. The molecule has 5 nitrogen and oxygen atoms in total. The summed E-state index contributed by atoms with van der Waals surface area (Å²) in [5, 5.41) is 11.5. The number of amides is 1. The molecule has 0 aliphatic carbocycles. The molecule has 2 aromatic rings. The summed E-state index contributed by atoms with van der Waals surface area (Å²) >= 11 is 1.42. The molecule has 6 heteroatoms. The molecule has 1 aliphatic rings. The molecule has 1 saturated heterocycles. The molecule has 1 fully saturated rings. The normalized spacial score (nSPS) is 17.9. The van der Waals surface area contributed by atoms with E-state index in [0.717, 1.165) is 10.6 Å². The third-order valence-corrected chi connectivity index (χ3v) is 4.46. The van der Waals surface area contributed by atoms with Gasteiger partial charge in [0.2, 0.25) is 0 Å². The molecule has 1 amide bonds. The van der Waals surface area contributed by atoms with Gasteiger partial charge in [0.05, 0.1) is 5.92 Å². The second kappa shape index (κ2) is 5.65. The molecule has 108 valence electrons. The Kier molecular flexibility index (Phi) is 3.70. The van der Waals surface area contributed by atoms with E-state index in [1.54, 1.807) is 10.3 Å². The topological polar surface area (TPSA) is 70.5 Å². The largest absolute Gasteiger partial charge is 0.481 e. The standard InChI is InChI=1S/C15H14N2O3S/c18-14(17-7-6-11(8-17)15(19)20)12-9-21-13(16-12)10-4-2-1-3-5-10/h1-5,9,11H,6-8H2,(H,19,20). The average molecular weight is 302 g/mol. The Hall–Kier alpha value is -2.21. The number of likely N-dealkylation sites (tertiary alicyclic amines) is 1. The van der Waals surface area contributed by atoms with Crippen molar-refractivity contribution in [1.29, 1.82) is 0 Å². The molecule has 1 aliphatic heterocycles. The minimum atomic E-state index is -0.839. The number of carboxylic acid groups (broad SMARTS) is 1. The summed E-state index contributed by atoms with van der Waals surface area (Å²) in [6, 6.07) is 9.68. The van der Waals surface area contributed by atoms with Crippen LogP contribution in [-0.4, -0.2) is 40.0 Å². The number of carboxylic acids is 1. The van der Waals surface area contributed by atoms with E-state index >= 15 is 0 Å². The summed E-state index contributed by atoms with van der Waals surface area (Å²) in [6.07, 6.45) is 0.511. The van der Waals surface area contributed by atoms with Gasteiger partial charge < -0.3 is 10.0 Å². The maximum Gasteiger partial charge on any atom is 0.308 e. The Morgan fingerprint density at radius 2 is 2.05 bits per heavy atom. The van der Waals surface area contributed by atoms with Crippen LogP contribution >= 0.6 is 11.3 Å². The van der Waals surface area contributed by atoms with Crippen molar-refractivity contribution >= 4 is 23.2 Å². The highest BCUT2D eigenvalue weighted by molar-refractivity contribution is 7.13. The molecular weight excluding hydrogens is 288 g/mol. The Morgan fingerprint density at radius 1 is 1.29 bits per heavy atom. The van der Waals surface area contributed by atoms with Gasteiger partial charge in [-0.2, -0.15) is 0 Å². The minimum Gasteiger partial charge on any atom is -0.481 e. The van der Waals surface area contributed by atoms with Crippen LogP contribution in [0.2, 0.25) is 0 Å². The van der Waals surface area contributed by atoms with Crippen LogP contribution in [0.5, 0.6) is 0 Å². The van der Waals surface area contributed by atoms with Crippen molar-refractivity contribution < 1.29 is 14.7 Å². The van der Waals surface area contributed by atoms with Gasteiger partial charge in [-0.15, -0.1) is 11.3 Å². The number of carbonyl (C=O) groups is 2. The Morgan fingerprint density at radius 3 is 2.71 bits per heavy atom. The predicted molar refractivity (Wildman–Crippen MR) is 79.2 cm³/mol. The van der Waals surface area contributed by atoms with E-state index in [9.17, 15) is 9.59 Å². The summed E-state index contributed by atoms with van der Waals surface area (Å²) in [6.45, 7) is 0.750. The quantitative estimate of drug-likeness (QED) is 0.945. The molecule has 3 rings (SSSR count). The smallest absolute Gasteiger partial charge is 0.308 e. The van der Waals surface area contributed by atoms with Gasteiger partial charge in [0.25, 0.3) is 5.91 Å². The zero-order valence-electron chi connectivity index (χ0n) is 11.2. The van der Waals surface area contributed by atoms with Crippen LogP contribution in [0.15, 0.2) is 35.7 Å². The summed E-state index contributed by atoms with van der Waals surface area (Å²) < 4.78 is 0. The van der Waals surface area contributed by atoms with Gasteiger partial charge in [-0.1, -0.05) is 30.3 Å². The molecule has 21 heavy (non-hydrogen) atoms. The van der Waals surface area contributed by atoms with Crippen molar-refractivity contribution in [2.45, 2.75) is 6.42 Å². The number of benzene rings is 1. The molecular formula is C15H14N2O3S. The number of aromatic nitrogens is 1. The van der Waals surface area contributed by atoms with Gasteiger partial charge in [0, 0.05) is 24.0 Å². The van der Waals surface area contributed by atoms with Crippen LogP contribution < -0.4 is 0 Å². The van der Waals surface area contributed by atoms with Crippen LogP contribution in [0.1, 0.15) is 16.9 Å². The second-order valence-corrected chi connectivity index (χ2v) is 5.84. The van der Waals surface area contributed by atoms with Crippen molar-refractivity contribution in [3.8, 4) is 10.6 Å². The first-order valence-electron chi connectivity index (χ1n) is 6.68. The van der Waals surface area contributed by atoms with Crippen molar-refractivity contribution in [3.63, 3.8) is 0 Å². The number of hydrogen-bond acceptors (Lipinski definition) is 4. The van der Waals surface area contributed by atoms with E-state index in [0.29, 0.717) is 18.7 Å². The summed E-state index contributed by atoms with van der Waals surface area (Å²) in [5.41, 5.74) is 1.37. The Bertz CT molecular complexity index is 669. The number of thiazole rings is 1. The molecule has 1 atom stereocenters. The predicted octanol–water partition coefficient (Wildman–Crippen LogP) is 2.36. The monoisotopic (exact) mass is 302 g/mol. The number of nitrogens with zero attached hydrogens (tertiary/aromatic N) is 2. The lowest BCUT2D eigenvalue weighted by atomic mass is 10.1. The SMILES string of the molecule is O=C(O)C1CCN(C(=O)c2csc(-c3ccccc3)n2)C1. The van der Waals surface area contributed by atoms with Crippen LogP contribution in [0.4, 0.5) is 0 Å². The molecule has 0 saturated carbocycles. The van der Waals surface area contributed by atoms with E-state index in [1.807, 2.05) is 30.3 Å². The van der Waals surface area contributed by atoms with E-state index < -0.39 is 11.9 Å². The van der Waals surface area contributed by atoms with Crippen molar-refractivity contribution in [2.75, 3.05) is 13.1 Å². The van der Waals surface area contributed by atoms with E-state index in [2.05, 4.69) is 4.98 Å². The first-order chi connectivity index (χ1) is 10.1. The van der Waals surface area contributed by atoms with E-state index in [1.165, 1.54) is 11.3 Å². The maximum absolute atomic E-state index is 12.3. The summed E-state index contributed by atoms with van der Waals surface area (Å²) in [4.78, 5) is 29.2. The summed E-state index contributed by atoms with van der Waals surface area (Å²) in [5.74, 6) is -1.48. The third kappa shape index (κ3) is 2.80. The maximum atomic E-state index is 12.3. The molecule has 0 bridgehead atoms. The Balaban J connectivity index is 1.75. The molecule has 0 spiro atoms. The van der Waals surface area contributed by atoms with E-state index in [-0.39, 0.29) is 12.5 Å². The zero-order valence-corrected chi connectivity index (χ0v) is 12.0. The van der Waals surface area contributed by atoms with Crippen LogP contribution in [0, 0.1) is 5.92 Å². The Labute approximate surface area is 125 Å². The van der Waals surface area contributed by atoms with Gasteiger partial charge in [0.1, 0.15) is 10.7 Å². The number of carbonyl (C=O) groups excluding carboxylic acids is 1. The van der Waals surface area contributed by atoms with Gasteiger partial charge >= 0.3 is 5.97 Å². The van der Waals surface area contributed by atoms with Crippen molar-refractivity contribution in [1.82, 2.24) is 9.88 Å². The average Bonchev–Trinajstić information content (AvgIpc) is 3.17. The zero-order chi connectivity index (χ0) is 14.8. The fraction of sp³-hybridized carbons (Fsp3) is 0.267. The lowest BCUT2D eigenvalue weighted by molar-refractivity contribution is -0.141. The number of hydrogen-bond donors (Lipinski definition) is 1. The highest BCUT2D eigenvalue weighted by Gasteiger charge is 2.32. The first-order valence-corrected chi connectivity index (χ1v) is 7.56. The van der Waals surface area contributed by atoms with Gasteiger partial charge in [-0.25, -0.2) is 4.98 Å². The molecule has 1 N–H and O–H groups in total. The number of rotatable bonds is 3. The fourth-order valence-electron chi connectivity index (χ4n) is 2.39. The highest BCUT2D eigenvalue weighted by Crippen LogP contribution is 2.25. The lowest BCUT2D eigenvalue weighted by Crippen LogP contribution is -2.30. The van der Waals surface area contributed by atoms with Crippen molar-refractivity contribution in [2.24, 2.45) is 5.92 Å². The van der Waals surface area contributed by atoms with Crippen LogP contribution in [0.25, 0.3) is 10.6 Å². The fourth-order valence-corrected chi connectivity index (χ4v) is 3.19. The lowest BCUT2D eigenvalue weighted by Gasteiger charge is -2.13. The molecule has 1 aromatic carbocycles. The van der Waals surface area contributed by atoms with Crippen molar-refractivity contribution in [3.05, 3.63) is 41.4 Å². The van der Waals surface area contributed by atoms with E-state index in [4.69, 9.17) is 5.11 Å². The second-order valence-electron chi connectivity index (χ2n) is 4.98. The number of aliphatic carboxylic acids is 1. The van der Waals surface area contributed by atoms with Crippen LogP contribution in [0.3, 0.4) is 0 Å². The first kappa shape index (κ1) is 13.8. The molecule has 1 unspecified atom stereocenters. The van der Waals surface area contributed by atoms with Gasteiger partial charge in [-0.3, -0.25) is 9.59 Å². The van der Waals surface area contributed by atoms with Gasteiger partial charge in [0.15, 0.2) is 0 Å². The van der Waals surface area contributed by atoms with Crippen LogP contribution in [-0.2, 0) is 4.79 Å². The molecule has 1 aromatic heterocycles. The van der Waals surface area contributed by atoms with Gasteiger partial charge in [-0.05, 0) is 6.42 Å². The summed E-state index contributed by atoms with van der Waals surface area (Å²) in [7, 11) is 0.